The summed E-state index contributed by atoms with van der Waals surface area (Å²) in [5.74, 6) is 0.180. The van der Waals surface area contributed by atoms with Crippen molar-refractivity contribution < 1.29 is 14.6 Å². The molecule has 0 aromatic heterocycles. The molecule has 0 aliphatic carbocycles. The lowest BCUT2D eigenvalue weighted by Gasteiger charge is -2.14. The van der Waals surface area contributed by atoms with Gasteiger partial charge in [0, 0.05) is 12.0 Å². The molecular weight excluding hydrogens is 388 g/mol. The number of thioether (sulfide) groups is 1. The van der Waals surface area contributed by atoms with Gasteiger partial charge >= 0.3 is 5.97 Å². The van der Waals surface area contributed by atoms with E-state index in [0.29, 0.717) is 23.6 Å². The number of carbonyl (C=O) groups is 1. The van der Waals surface area contributed by atoms with Crippen LogP contribution in [0.5, 0.6) is 5.75 Å². The van der Waals surface area contributed by atoms with E-state index in [4.69, 9.17) is 15.1 Å². The molecule has 7 nitrogen and oxygen atoms in total. The number of carboxylic acids is 1. The van der Waals surface area contributed by atoms with Crippen LogP contribution in [0.3, 0.4) is 0 Å². The van der Waals surface area contributed by atoms with Crippen molar-refractivity contribution in [2.45, 2.75) is 19.8 Å². The molecule has 2 aromatic rings. The van der Waals surface area contributed by atoms with E-state index in [0.717, 1.165) is 27.4 Å². The first-order valence-electron chi connectivity index (χ1n) is 8.86. The molecule has 0 unspecified atom stereocenters. The van der Waals surface area contributed by atoms with Crippen molar-refractivity contribution in [2.24, 2.45) is 5.10 Å². The number of nitrogens with zero attached hydrogens (tertiary/aromatic N) is 4. The molecule has 0 saturated heterocycles. The Hall–Kier alpha value is -3.49. The van der Waals surface area contributed by atoms with E-state index in [1.165, 1.54) is 0 Å². The third kappa shape index (κ3) is 4.87. The van der Waals surface area contributed by atoms with Gasteiger partial charge in [-0.15, -0.1) is 0 Å². The molecule has 1 heterocycles. The summed E-state index contributed by atoms with van der Waals surface area (Å²) in [6.07, 6.45) is 0.608. The minimum atomic E-state index is -0.807. The molecule has 1 N–H and O–H groups in total. The lowest BCUT2D eigenvalue weighted by molar-refractivity contribution is -0.136. The van der Waals surface area contributed by atoms with Crippen LogP contribution in [0.15, 0.2) is 41.5 Å². The van der Waals surface area contributed by atoms with Crippen LogP contribution in [0.25, 0.3) is 0 Å². The largest absolute Gasteiger partial charge is 0.481 e. The first-order chi connectivity index (χ1) is 14.0. The predicted molar refractivity (Wildman–Crippen MR) is 111 cm³/mol. The van der Waals surface area contributed by atoms with Crippen LogP contribution in [0.2, 0.25) is 0 Å². The van der Waals surface area contributed by atoms with Crippen LogP contribution < -0.4 is 9.75 Å². The highest BCUT2D eigenvalue weighted by atomic mass is 32.2. The Balaban J connectivity index is 1.79. The number of hydrazone groups is 1. The van der Waals surface area contributed by atoms with Crippen LogP contribution in [0, 0.1) is 29.6 Å². The van der Waals surface area contributed by atoms with Crippen molar-refractivity contribution >= 4 is 28.5 Å². The first-order valence-corrected chi connectivity index (χ1v) is 9.85. The number of hydrogen-bond donors (Lipinski definition) is 1. The summed E-state index contributed by atoms with van der Waals surface area (Å²) in [6.45, 7) is 1.87. The standard InChI is InChI=1S/C21H18N4O3S/c1-14-10-15(3-7-20(26)27)2-5-18(14)21-24-25(13-29-21)17-4-6-19(28-9-8-22)16(11-17)12-23/h2,4-6,10-11H,3,7,9,13H2,1H3,(H,26,27). The van der Waals surface area contributed by atoms with Crippen molar-refractivity contribution in [1.29, 1.82) is 10.5 Å². The average molecular weight is 406 g/mol. The number of hydrogen-bond acceptors (Lipinski definition) is 7. The van der Waals surface area contributed by atoms with E-state index in [1.54, 1.807) is 23.9 Å². The molecule has 0 atom stereocenters. The Labute approximate surface area is 172 Å². The van der Waals surface area contributed by atoms with Crippen molar-refractivity contribution in [1.82, 2.24) is 0 Å². The van der Waals surface area contributed by atoms with Gasteiger partial charge in [-0.1, -0.05) is 30.0 Å². The first kappa shape index (κ1) is 20.2. The Morgan fingerprint density at radius 2 is 2.14 bits per heavy atom. The quantitative estimate of drug-likeness (QED) is 0.747. The van der Waals surface area contributed by atoms with E-state index in [-0.39, 0.29) is 13.0 Å². The number of ether oxygens (including phenoxy) is 1. The predicted octanol–water partition coefficient (Wildman–Crippen LogP) is 3.66. The maximum atomic E-state index is 10.8. The minimum Gasteiger partial charge on any atom is -0.481 e. The minimum absolute atomic E-state index is 0.109. The van der Waals surface area contributed by atoms with Crippen LogP contribution in [0.1, 0.15) is 28.7 Å². The Morgan fingerprint density at radius 3 is 2.83 bits per heavy atom. The summed E-state index contributed by atoms with van der Waals surface area (Å²) >= 11 is 1.59. The number of nitriles is 2. The second-order valence-electron chi connectivity index (χ2n) is 6.36. The van der Waals surface area contributed by atoms with Crippen LogP contribution in [0.4, 0.5) is 5.69 Å². The average Bonchev–Trinajstić information content (AvgIpc) is 3.20. The Bertz CT molecular complexity index is 1050. The summed E-state index contributed by atoms with van der Waals surface area (Å²) in [6, 6.07) is 15.1. The third-order valence-corrected chi connectivity index (χ3v) is 5.31. The van der Waals surface area contributed by atoms with Gasteiger partial charge in [0.2, 0.25) is 0 Å². The summed E-state index contributed by atoms with van der Waals surface area (Å²) in [5.41, 5.74) is 4.15. The third-order valence-electron chi connectivity index (χ3n) is 4.36. The second kappa shape index (κ2) is 9.13. The molecule has 0 fully saturated rings. The van der Waals surface area contributed by atoms with Crippen LogP contribution in [-0.2, 0) is 11.2 Å². The van der Waals surface area contributed by atoms with Gasteiger partial charge in [-0.05, 0) is 42.7 Å². The van der Waals surface area contributed by atoms with E-state index in [9.17, 15) is 10.1 Å². The summed E-state index contributed by atoms with van der Waals surface area (Å²) in [5, 5.41) is 34.2. The van der Waals surface area contributed by atoms with Gasteiger partial charge in [0.15, 0.2) is 6.61 Å². The van der Waals surface area contributed by atoms with Crippen molar-refractivity contribution in [3.63, 3.8) is 0 Å². The van der Waals surface area contributed by atoms with Crippen LogP contribution in [-0.4, -0.2) is 28.6 Å². The molecule has 8 heteroatoms. The van der Waals surface area contributed by atoms with Crippen molar-refractivity contribution in [3.05, 3.63) is 58.7 Å². The highest BCUT2D eigenvalue weighted by Gasteiger charge is 2.20. The Kier molecular flexibility index (Phi) is 6.38. The lowest BCUT2D eigenvalue weighted by Crippen LogP contribution is -2.11. The topological polar surface area (TPSA) is 110 Å². The number of aliphatic carboxylic acids is 1. The Morgan fingerprint density at radius 1 is 1.31 bits per heavy atom. The SMILES string of the molecule is Cc1cc(CCC(=O)O)ccc1C1=NN(c2ccc(OCC#N)c(C#N)c2)CS1. The number of aryl methyl sites for hydroxylation is 2. The van der Waals surface area contributed by atoms with Gasteiger partial charge in [0.25, 0.3) is 0 Å². The van der Waals surface area contributed by atoms with Gasteiger partial charge in [0.05, 0.1) is 17.1 Å². The molecule has 0 radical (unpaired) electrons. The molecule has 3 rings (SSSR count). The molecular formula is C21H18N4O3S. The normalized spacial score (nSPS) is 12.8. The van der Waals surface area contributed by atoms with Crippen LogP contribution >= 0.6 is 11.8 Å². The zero-order valence-corrected chi connectivity index (χ0v) is 16.6. The fraction of sp³-hybridized carbons (Fsp3) is 0.238. The highest BCUT2D eigenvalue weighted by molar-refractivity contribution is 8.14. The molecule has 0 bridgehead atoms. The number of anilines is 1. The number of benzene rings is 2. The molecule has 1 aliphatic rings. The fourth-order valence-electron chi connectivity index (χ4n) is 2.93. The highest BCUT2D eigenvalue weighted by Crippen LogP contribution is 2.32. The zero-order chi connectivity index (χ0) is 20.8. The monoisotopic (exact) mass is 406 g/mol. The molecule has 0 amide bonds. The van der Waals surface area contributed by atoms with Gasteiger partial charge in [-0.2, -0.15) is 15.6 Å². The summed E-state index contributed by atoms with van der Waals surface area (Å²) < 4.78 is 5.27. The molecule has 0 saturated carbocycles. The lowest BCUT2D eigenvalue weighted by atomic mass is 10.0. The fourth-order valence-corrected chi connectivity index (χ4v) is 3.92. The zero-order valence-electron chi connectivity index (χ0n) is 15.8. The smallest absolute Gasteiger partial charge is 0.303 e. The van der Waals surface area contributed by atoms with Gasteiger partial charge in [-0.25, -0.2) is 0 Å². The van der Waals surface area contributed by atoms with Gasteiger partial charge in [0.1, 0.15) is 22.9 Å². The molecule has 146 valence electrons. The van der Waals surface area contributed by atoms with Crippen molar-refractivity contribution in [3.8, 4) is 17.9 Å². The van der Waals surface area contributed by atoms with Crippen molar-refractivity contribution in [2.75, 3.05) is 17.5 Å². The van der Waals surface area contributed by atoms with Gasteiger partial charge < -0.3 is 9.84 Å². The summed E-state index contributed by atoms with van der Waals surface area (Å²) in [4.78, 5) is 10.8. The van der Waals surface area contributed by atoms with Gasteiger partial charge in [-0.3, -0.25) is 9.80 Å². The maximum Gasteiger partial charge on any atom is 0.303 e. The van der Waals surface area contributed by atoms with E-state index in [1.807, 2.05) is 42.3 Å². The molecule has 1 aliphatic heterocycles. The number of rotatable bonds is 7. The van der Waals surface area contributed by atoms with E-state index < -0.39 is 5.97 Å². The van der Waals surface area contributed by atoms with E-state index >= 15 is 0 Å². The van der Waals surface area contributed by atoms with E-state index in [2.05, 4.69) is 11.2 Å². The number of carboxylic acid groups (broad SMARTS) is 1. The molecule has 29 heavy (non-hydrogen) atoms. The molecule has 0 spiro atoms. The maximum absolute atomic E-state index is 10.8. The molecule has 2 aromatic carbocycles. The second-order valence-corrected chi connectivity index (χ2v) is 7.29. The summed E-state index contributed by atoms with van der Waals surface area (Å²) in [7, 11) is 0.